The molecule has 2 heterocycles. The van der Waals surface area contributed by atoms with Crippen LogP contribution in [0.15, 0.2) is 30.3 Å². The van der Waals surface area contributed by atoms with E-state index in [9.17, 15) is 0 Å². The predicted octanol–water partition coefficient (Wildman–Crippen LogP) is 3.80. The average Bonchev–Trinajstić information content (AvgIpc) is 2.96. The molecule has 0 fully saturated rings. The van der Waals surface area contributed by atoms with Gasteiger partial charge in [-0.1, -0.05) is 18.2 Å². The molecular formula is C16H19NOS. The summed E-state index contributed by atoms with van der Waals surface area (Å²) in [5.74, 6) is 1.44. The number of thiophene rings is 1. The van der Waals surface area contributed by atoms with Gasteiger partial charge in [0.15, 0.2) is 0 Å². The van der Waals surface area contributed by atoms with E-state index in [1.165, 1.54) is 20.9 Å². The molecule has 100 valence electrons. The number of hydrogen-bond donors (Lipinski definition) is 1. The lowest BCUT2D eigenvalue weighted by Crippen LogP contribution is -2.25. The van der Waals surface area contributed by atoms with Crippen LogP contribution in [0.25, 0.3) is 0 Å². The molecule has 0 spiro atoms. The highest BCUT2D eigenvalue weighted by atomic mass is 32.1. The van der Waals surface area contributed by atoms with E-state index < -0.39 is 0 Å². The van der Waals surface area contributed by atoms with Crippen molar-refractivity contribution >= 4 is 11.3 Å². The van der Waals surface area contributed by atoms with Gasteiger partial charge in [-0.3, -0.25) is 0 Å². The maximum Gasteiger partial charge on any atom is 0.122 e. The monoisotopic (exact) mass is 273 g/mol. The number of para-hydroxylation sites is 1. The minimum Gasteiger partial charge on any atom is -0.493 e. The lowest BCUT2D eigenvalue weighted by molar-refractivity contribution is 0.304. The highest BCUT2D eigenvalue weighted by Crippen LogP contribution is 2.42. The minimum absolute atomic E-state index is 0.327. The molecule has 0 aliphatic carbocycles. The smallest absolute Gasteiger partial charge is 0.122 e. The van der Waals surface area contributed by atoms with Gasteiger partial charge in [0, 0.05) is 27.3 Å². The number of ether oxygens (including phenoxy) is 1. The fourth-order valence-corrected chi connectivity index (χ4v) is 3.97. The zero-order valence-electron chi connectivity index (χ0n) is 11.6. The third-order valence-electron chi connectivity index (χ3n) is 3.86. The van der Waals surface area contributed by atoms with Crippen molar-refractivity contribution in [2.75, 3.05) is 13.7 Å². The second-order valence-corrected chi connectivity index (χ2v) is 6.55. The summed E-state index contributed by atoms with van der Waals surface area (Å²) in [6.45, 7) is 5.14. The van der Waals surface area contributed by atoms with E-state index >= 15 is 0 Å². The van der Waals surface area contributed by atoms with Crippen LogP contribution in [0.1, 0.15) is 32.8 Å². The SMILES string of the molecule is CNC(c1cc(C)sc1C)C1COc2ccccc21. The second kappa shape index (κ2) is 4.99. The van der Waals surface area contributed by atoms with Crippen molar-refractivity contribution in [3.05, 3.63) is 51.2 Å². The van der Waals surface area contributed by atoms with Crippen LogP contribution in [0.2, 0.25) is 0 Å². The third-order valence-corrected chi connectivity index (χ3v) is 4.85. The van der Waals surface area contributed by atoms with Crippen LogP contribution in [-0.4, -0.2) is 13.7 Å². The molecule has 1 N–H and O–H groups in total. The molecule has 2 nitrogen and oxygen atoms in total. The zero-order valence-corrected chi connectivity index (χ0v) is 12.4. The van der Waals surface area contributed by atoms with Crippen LogP contribution in [0.5, 0.6) is 5.75 Å². The first-order chi connectivity index (χ1) is 9.20. The van der Waals surface area contributed by atoms with Crippen LogP contribution < -0.4 is 10.1 Å². The number of hydrogen-bond acceptors (Lipinski definition) is 3. The zero-order chi connectivity index (χ0) is 13.4. The summed E-state index contributed by atoms with van der Waals surface area (Å²) in [5, 5.41) is 3.48. The van der Waals surface area contributed by atoms with Crippen molar-refractivity contribution in [2.24, 2.45) is 0 Å². The molecule has 2 unspecified atom stereocenters. The molecule has 19 heavy (non-hydrogen) atoms. The van der Waals surface area contributed by atoms with E-state index in [1.807, 2.05) is 24.5 Å². The molecule has 0 saturated carbocycles. The largest absolute Gasteiger partial charge is 0.493 e. The van der Waals surface area contributed by atoms with Gasteiger partial charge >= 0.3 is 0 Å². The summed E-state index contributed by atoms with van der Waals surface area (Å²) in [4.78, 5) is 2.78. The Labute approximate surface area is 118 Å². The molecule has 1 aliphatic heterocycles. The summed E-state index contributed by atoms with van der Waals surface area (Å²) in [6.07, 6.45) is 0. The minimum atomic E-state index is 0.327. The molecule has 3 heteroatoms. The summed E-state index contributed by atoms with van der Waals surface area (Å²) in [7, 11) is 2.04. The van der Waals surface area contributed by atoms with Gasteiger partial charge in [0.25, 0.3) is 0 Å². The molecule has 0 amide bonds. The maximum absolute atomic E-state index is 5.83. The van der Waals surface area contributed by atoms with Crippen molar-refractivity contribution in [3.63, 3.8) is 0 Å². The first kappa shape index (κ1) is 12.7. The molecule has 1 aliphatic rings. The van der Waals surface area contributed by atoms with E-state index in [0.29, 0.717) is 12.0 Å². The molecule has 0 radical (unpaired) electrons. The van der Waals surface area contributed by atoms with E-state index in [4.69, 9.17) is 4.74 Å². The average molecular weight is 273 g/mol. The van der Waals surface area contributed by atoms with Gasteiger partial charge in [-0.25, -0.2) is 0 Å². The highest BCUT2D eigenvalue weighted by molar-refractivity contribution is 7.12. The Morgan fingerprint density at radius 1 is 1.32 bits per heavy atom. The number of rotatable bonds is 3. The van der Waals surface area contributed by atoms with E-state index in [2.05, 4.69) is 43.4 Å². The van der Waals surface area contributed by atoms with Crippen LogP contribution in [0.3, 0.4) is 0 Å². The Hall–Kier alpha value is -1.32. The maximum atomic E-state index is 5.83. The third kappa shape index (κ3) is 2.17. The Morgan fingerprint density at radius 3 is 2.79 bits per heavy atom. The molecule has 2 aromatic rings. The Bertz CT molecular complexity index is 590. The van der Waals surface area contributed by atoms with Crippen molar-refractivity contribution < 1.29 is 4.74 Å². The topological polar surface area (TPSA) is 21.3 Å². The summed E-state index contributed by atoms with van der Waals surface area (Å²) in [6, 6.07) is 11.0. The summed E-state index contributed by atoms with van der Waals surface area (Å²) < 4.78 is 5.83. The molecular weight excluding hydrogens is 254 g/mol. The summed E-state index contributed by atoms with van der Waals surface area (Å²) in [5.41, 5.74) is 2.74. The number of nitrogens with one attached hydrogen (secondary N) is 1. The normalized spacial score (nSPS) is 19.0. The molecule has 3 rings (SSSR count). The highest BCUT2D eigenvalue weighted by Gasteiger charge is 2.32. The van der Waals surface area contributed by atoms with Gasteiger partial charge in [-0.2, -0.15) is 0 Å². The van der Waals surface area contributed by atoms with Crippen LogP contribution in [0, 0.1) is 13.8 Å². The van der Waals surface area contributed by atoms with Crippen LogP contribution in [-0.2, 0) is 0 Å². The van der Waals surface area contributed by atoms with Crippen LogP contribution >= 0.6 is 11.3 Å². The summed E-state index contributed by atoms with van der Waals surface area (Å²) >= 11 is 1.87. The lowest BCUT2D eigenvalue weighted by atomic mass is 9.89. The van der Waals surface area contributed by atoms with Gasteiger partial charge in [0.2, 0.25) is 0 Å². The van der Waals surface area contributed by atoms with Gasteiger partial charge in [-0.05, 0) is 38.6 Å². The molecule has 1 aromatic carbocycles. The molecule has 0 bridgehead atoms. The van der Waals surface area contributed by atoms with Crippen molar-refractivity contribution in [3.8, 4) is 5.75 Å². The number of aryl methyl sites for hydroxylation is 2. The van der Waals surface area contributed by atoms with E-state index in [1.54, 1.807) is 0 Å². The Kier molecular flexibility index (Phi) is 3.33. The van der Waals surface area contributed by atoms with E-state index in [0.717, 1.165) is 12.4 Å². The first-order valence-corrected chi connectivity index (χ1v) is 7.48. The lowest BCUT2D eigenvalue weighted by Gasteiger charge is -2.22. The van der Waals surface area contributed by atoms with E-state index in [-0.39, 0.29) is 0 Å². The Morgan fingerprint density at radius 2 is 2.11 bits per heavy atom. The number of fused-ring (bicyclic) bond motifs is 1. The van der Waals surface area contributed by atoms with Crippen molar-refractivity contribution in [2.45, 2.75) is 25.8 Å². The fraction of sp³-hybridized carbons (Fsp3) is 0.375. The number of benzene rings is 1. The van der Waals surface area contributed by atoms with Gasteiger partial charge in [0.1, 0.15) is 5.75 Å². The van der Waals surface area contributed by atoms with Gasteiger partial charge < -0.3 is 10.1 Å². The van der Waals surface area contributed by atoms with Gasteiger partial charge in [-0.15, -0.1) is 11.3 Å². The van der Waals surface area contributed by atoms with Gasteiger partial charge in [0.05, 0.1) is 6.61 Å². The standard InChI is InChI=1S/C16H19NOS/c1-10-8-13(11(2)19-10)16(17-3)14-9-18-15-7-5-4-6-12(14)15/h4-8,14,16-17H,9H2,1-3H3. The quantitative estimate of drug-likeness (QED) is 0.918. The predicted molar refractivity (Wildman–Crippen MR) is 80.3 cm³/mol. The first-order valence-electron chi connectivity index (χ1n) is 6.66. The van der Waals surface area contributed by atoms with Crippen molar-refractivity contribution in [1.29, 1.82) is 0 Å². The Balaban J connectivity index is 1.99. The molecule has 2 atom stereocenters. The number of likely N-dealkylation sites (N-methyl/N-ethyl adjacent to an activating group) is 1. The van der Waals surface area contributed by atoms with Crippen LogP contribution in [0.4, 0.5) is 0 Å². The van der Waals surface area contributed by atoms with Crippen molar-refractivity contribution in [1.82, 2.24) is 5.32 Å². The molecule has 1 aromatic heterocycles. The second-order valence-electron chi connectivity index (χ2n) is 5.09. The fourth-order valence-electron chi connectivity index (χ4n) is 3.00. The molecule has 0 saturated heterocycles.